The second kappa shape index (κ2) is 3.38. The monoisotopic (exact) mass is 205 g/mol. The van der Waals surface area contributed by atoms with Crippen LogP contribution in [0.15, 0.2) is 18.2 Å². The molecule has 0 radical (unpaired) electrons. The number of imide groups is 1. The van der Waals surface area contributed by atoms with Crippen LogP contribution in [0.5, 0.6) is 5.75 Å². The minimum atomic E-state index is -0.275. The van der Waals surface area contributed by atoms with Crippen LogP contribution in [-0.2, 0) is 16.0 Å². The van der Waals surface area contributed by atoms with Crippen LogP contribution >= 0.6 is 0 Å². The molecule has 78 valence electrons. The third-order valence-corrected chi connectivity index (χ3v) is 2.43. The second-order valence-corrected chi connectivity index (χ2v) is 3.39. The normalized spacial score (nSPS) is 14.0. The van der Waals surface area contributed by atoms with E-state index in [1.165, 1.54) is 18.9 Å². The number of carbonyl (C=O) groups excluding carboxylic acids is 2. The summed E-state index contributed by atoms with van der Waals surface area (Å²) in [6, 6.07) is 5.39. The number of nitrogens with zero attached hydrogens (tertiary/aromatic N) is 1. The fraction of sp³-hybridized carbons (Fsp3) is 0.273. The van der Waals surface area contributed by atoms with Crippen LogP contribution in [0.3, 0.4) is 0 Å². The van der Waals surface area contributed by atoms with Gasteiger partial charge < -0.3 is 4.74 Å². The molecular weight excluding hydrogens is 194 g/mol. The van der Waals surface area contributed by atoms with E-state index in [1.807, 2.05) is 12.1 Å². The van der Waals surface area contributed by atoms with E-state index in [1.54, 1.807) is 6.07 Å². The van der Waals surface area contributed by atoms with Crippen molar-refractivity contribution in [3.8, 4) is 5.75 Å². The van der Waals surface area contributed by atoms with Crippen molar-refractivity contribution >= 4 is 17.5 Å². The standard InChI is InChI=1S/C11H11NO3/c1-7(13)12-10(14)6-8-4-3-5-9(15-2)11(8)12/h3-5H,6H2,1-2H3. The van der Waals surface area contributed by atoms with E-state index in [0.717, 1.165) is 5.56 Å². The topological polar surface area (TPSA) is 46.6 Å². The molecular formula is C11H11NO3. The number of para-hydroxylation sites is 1. The number of carbonyl (C=O) groups is 2. The summed E-state index contributed by atoms with van der Waals surface area (Å²) in [5.41, 5.74) is 1.44. The fourth-order valence-corrected chi connectivity index (χ4v) is 1.83. The Morgan fingerprint density at radius 1 is 1.47 bits per heavy atom. The zero-order valence-electron chi connectivity index (χ0n) is 8.61. The Bertz CT molecular complexity index is 439. The second-order valence-electron chi connectivity index (χ2n) is 3.39. The van der Waals surface area contributed by atoms with Crippen molar-refractivity contribution in [1.82, 2.24) is 0 Å². The molecule has 4 nitrogen and oxygen atoms in total. The lowest BCUT2D eigenvalue weighted by Crippen LogP contribution is -2.31. The highest BCUT2D eigenvalue weighted by atomic mass is 16.5. The number of rotatable bonds is 1. The number of methoxy groups -OCH3 is 1. The summed E-state index contributed by atoms with van der Waals surface area (Å²) in [6.45, 7) is 1.37. The molecule has 15 heavy (non-hydrogen) atoms. The van der Waals surface area contributed by atoms with E-state index >= 15 is 0 Å². The molecule has 4 heteroatoms. The molecule has 0 aromatic heterocycles. The van der Waals surface area contributed by atoms with Gasteiger partial charge in [-0.1, -0.05) is 12.1 Å². The molecule has 0 fully saturated rings. The van der Waals surface area contributed by atoms with Crippen molar-refractivity contribution < 1.29 is 14.3 Å². The van der Waals surface area contributed by atoms with Crippen molar-refractivity contribution in [3.05, 3.63) is 23.8 Å². The maximum absolute atomic E-state index is 11.6. The number of benzene rings is 1. The van der Waals surface area contributed by atoms with Crippen molar-refractivity contribution in [2.75, 3.05) is 12.0 Å². The first-order valence-corrected chi connectivity index (χ1v) is 4.64. The first-order chi connectivity index (χ1) is 7.15. The van der Waals surface area contributed by atoms with Gasteiger partial charge in [0.15, 0.2) is 0 Å². The van der Waals surface area contributed by atoms with Crippen molar-refractivity contribution in [2.24, 2.45) is 0 Å². The van der Waals surface area contributed by atoms with Crippen molar-refractivity contribution in [2.45, 2.75) is 13.3 Å². The van der Waals surface area contributed by atoms with Crippen LogP contribution in [-0.4, -0.2) is 18.9 Å². The molecule has 0 unspecified atom stereocenters. The Hall–Kier alpha value is -1.84. The van der Waals surface area contributed by atoms with E-state index < -0.39 is 0 Å². The lowest BCUT2D eigenvalue weighted by Gasteiger charge is -2.15. The summed E-state index contributed by atoms with van der Waals surface area (Å²) in [6.07, 6.45) is 0.270. The van der Waals surface area contributed by atoms with Crippen LogP contribution in [0.2, 0.25) is 0 Å². The molecule has 2 rings (SSSR count). The Labute approximate surface area is 87.4 Å². The van der Waals surface area contributed by atoms with Gasteiger partial charge in [-0.05, 0) is 11.6 Å². The van der Waals surface area contributed by atoms with Gasteiger partial charge in [0, 0.05) is 6.92 Å². The fourth-order valence-electron chi connectivity index (χ4n) is 1.83. The van der Waals surface area contributed by atoms with Crippen molar-refractivity contribution in [1.29, 1.82) is 0 Å². The molecule has 0 bridgehead atoms. The molecule has 1 aromatic carbocycles. The summed E-state index contributed by atoms with van der Waals surface area (Å²) >= 11 is 0. The molecule has 0 N–H and O–H groups in total. The Kier molecular flexibility index (Phi) is 2.19. The zero-order valence-corrected chi connectivity index (χ0v) is 8.61. The molecule has 1 heterocycles. The van der Waals surface area contributed by atoms with E-state index in [9.17, 15) is 9.59 Å². The third-order valence-electron chi connectivity index (χ3n) is 2.43. The van der Waals surface area contributed by atoms with Gasteiger partial charge in [-0.25, -0.2) is 4.90 Å². The highest BCUT2D eigenvalue weighted by Gasteiger charge is 2.32. The van der Waals surface area contributed by atoms with Crippen LogP contribution < -0.4 is 9.64 Å². The molecule has 0 spiro atoms. The van der Waals surface area contributed by atoms with Crippen LogP contribution in [0, 0.1) is 0 Å². The highest BCUT2D eigenvalue weighted by molar-refractivity contribution is 6.19. The van der Waals surface area contributed by atoms with E-state index in [-0.39, 0.29) is 18.2 Å². The number of amides is 2. The Balaban J connectivity index is 2.59. The van der Waals surface area contributed by atoms with Crippen molar-refractivity contribution in [3.63, 3.8) is 0 Å². The molecule has 0 atom stereocenters. The largest absolute Gasteiger partial charge is 0.495 e. The Morgan fingerprint density at radius 3 is 2.80 bits per heavy atom. The number of hydrogen-bond acceptors (Lipinski definition) is 3. The predicted molar refractivity (Wildman–Crippen MR) is 54.9 cm³/mol. The van der Waals surface area contributed by atoms with Crippen LogP contribution in [0.25, 0.3) is 0 Å². The number of hydrogen-bond donors (Lipinski definition) is 0. The third kappa shape index (κ3) is 1.38. The molecule has 2 amide bonds. The Morgan fingerprint density at radius 2 is 2.20 bits per heavy atom. The minimum absolute atomic E-state index is 0.193. The summed E-state index contributed by atoms with van der Waals surface area (Å²) in [5, 5.41) is 0. The SMILES string of the molecule is COc1cccc2c1N(C(C)=O)C(=O)C2. The average molecular weight is 205 g/mol. The molecule has 1 aliphatic heterocycles. The quantitative estimate of drug-likeness (QED) is 0.690. The van der Waals surface area contributed by atoms with Gasteiger partial charge in [0.05, 0.1) is 19.2 Å². The van der Waals surface area contributed by atoms with Crippen LogP contribution in [0.1, 0.15) is 12.5 Å². The van der Waals surface area contributed by atoms with E-state index in [0.29, 0.717) is 11.4 Å². The molecule has 1 aromatic rings. The lowest BCUT2D eigenvalue weighted by atomic mass is 10.1. The highest BCUT2D eigenvalue weighted by Crippen LogP contribution is 2.37. The summed E-state index contributed by atoms with van der Waals surface area (Å²) in [5.74, 6) is 0.0961. The molecule has 0 aliphatic carbocycles. The van der Waals surface area contributed by atoms with Crippen LogP contribution in [0.4, 0.5) is 5.69 Å². The summed E-state index contributed by atoms with van der Waals surface area (Å²) in [4.78, 5) is 24.1. The van der Waals surface area contributed by atoms with Gasteiger partial charge in [0.25, 0.3) is 0 Å². The maximum atomic E-state index is 11.6. The number of ether oxygens (including phenoxy) is 1. The lowest BCUT2D eigenvalue weighted by molar-refractivity contribution is -0.124. The van der Waals surface area contributed by atoms with Gasteiger partial charge >= 0.3 is 0 Å². The first kappa shape index (κ1) is 9.71. The number of anilines is 1. The molecule has 0 saturated heterocycles. The van der Waals surface area contributed by atoms with Gasteiger partial charge in [-0.15, -0.1) is 0 Å². The summed E-state index contributed by atoms with van der Waals surface area (Å²) in [7, 11) is 1.52. The minimum Gasteiger partial charge on any atom is -0.495 e. The van der Waals surface area contributed by atoms with Gasteiger partial charge in [-0.3, -0.25) is 9.59 Å². The number of fused-ring (bicyclic) bond motifs is 1. The van der Waals surface area contributed by atoms with E-state index in [2.05, 4.69) is 0 Å². The molecule has 0 saturated carbocycles. The predicted octanol–water partition coefficient (Wildman–Crippen LogP) is 1.13. The summed E-state index contributed by atoms with van der Waals surface area (Å²) < 4.78 is 5.14. The molecule has 1 aliphatic rings. The maximum Gasteiger partial charge on any atom is 0.238 e. The average Bonchev–Trinajstić information content (AvgIpc) is 2.53. The van der Waals surface area contributed by atoms with E-state index in [4.69, 9.17) is 4.74 Å². The smallest absolute Gasteiger partial charge is 0.238 e. The zero-order chi connectivity index (χ0) is 11.0. The van der Waals surface area contributed by atoms with Gasteiger partial charge in [0.2, 0.25) is 11.8 Å². The van der Waals surface area contributed by atoms with Gasteiger partial charge in [-0.2, -0.15) is 0 Å². The van der Waals surface area contributed by atoms with Gasteiger partial charge in [0.1, 0.15) is 5.75 Å². The first-order valence-electron chi connectivity index (χ1n) is 4.64.